The maximum absolute atomic E-state index is 12.4. The van der Waals surface area contributed by atoms with E-state index in [1.807, 2.05) is 18.2 Å². The summed E-state index contributed by atoms with van der Waals surface area (Å²) >= 11 is 0. The summed E-state index contributed by atoms with van der Waals surface area (Å²) in [4.78, 5) is 13.9. The third-order valence-corrected chi connectivity index (χ3v) is 4.24. The van der Waals surface area contributed by atoms with Gasteiger partial charge in [0, 0.05) is 20.0 Å². The second-order valence-corrected chi connectivity index (χ2v) is 6.42. The lowest BCUT2D eigenvalue weighted by molar-refractivity contribution is -0.274. The van der Waals surface area contributed by atoms with Crippen LogP contribution in [0.4, 0.5) is 13.2 Å². The fourth-order valence-electron chi connectivity index (χ4n) is 2.84. The van der Waals surface area contributed by atoms with Crippen LogP contribution in [0.15, 0.2) is 42.5 Å². The molecule has 0 spiro atoms. The quantitative estimate of drug-likeness (QED) is 0.743. The van der Waals surface area contributed by atoms with Crippen LogP contribution < -0.4 is 14.2 Å². The molecule has 0 aromatic heterocycles. The number of carbonyl (C=O) groups is 1. The summed E-state index contributed by atoms with van der Waals surface area (Å²) in [5, 5.41) is 0. The third kappa shape index (κ3) is 5.55. The third-order valence-electron chi connectivity index (χ3n) is 4.24. The lowest BCUT2D eigenvalue weighted by atomic mass is 10.1. The fourth-order valence-corrected chi connectivity index (χ4v) is 2.84. The number of amides is 1. The molecule has 0 saturated carbocycles. The first-order chi connectivity index (χ1) is 13.3. The number of hydrogen-bond donors (Lipinski definition) is 0. The first-order valence-corrected chi connectivity index (χ1v) is 8.77. The van der Waals surface area contributed by atoms with Gasteiger partial charge in [0.15, 0.2) is 11.5 Å². The van der Waals surface area contributed by atoms with Crippen LogP contribution >= 0.6 is 0 Å². The number of nitrogens with zero attached hydrogens (tertiary/aromatic N) is 1. The largest absolute Gasteiger partial charge is 0.573 e. The number of carbonyl (C=O) groups excluding carboxylic acids is 1. The Morgan fingerprint density at radius 1 is 1.04 bits per heavy atom. The summed E-state index contributed by atoms with van der Waals surface area (Å²) in [5.74, 6) is 1.04. The van der Waals surface area contributed by atoms with Gasteiger partial charge in [-0.2, -0.15) is 0 Å². The Hall–Kier alpha value is -2.90. The van der Waals surface area contributed by atoms with Crippen molar-refractivity contribution < 1.29 is 32.2 Å². The van der Waals surface area contributed by atoms with Gasteiger partial charge in [0.1, 0.15) is 19.0 Å². The van der Waals surface area contributed by atoms with E-state index in [9.17, 15) is 18.0 Å². The molecule has 1 aliphatic rings. The van der Waals surface area contributed by atoms with Crippen LogP contribution in [0.1, 0.15) is 17.5 Å². The number of halogens is 3. The molecule has 1 heterocycles. The summed E-state index contributed by atoms with van der Waals surface area (Å²) in [7, 11) is 1.66. The van der Waals surface area contributed by atoms with Gasteiger partial charge in [0.2, 0.25) is 5.91 Å². The van der Waals surface area contributed by atoms with Gasteiger partial charge in [-0.1, -0.05) is 18.2 Å². The topological polar surface area (TPSA) is 48.0 Å². The first-order valence-electron chi connectivity index (χ1n) is 8.77. The van der Waals surface area contributed by atoms with Gasteiger partial charge < -0.3 is 19.1 Å². The second kappa shape index (κ2) is 8.41. The van der Waals surface area contributed by atoms with Crippen LogP contribution in [0.25, 0.3) is 0 Å². The van der Waals surface area contributed by atoms with Crippen molar-refractivity contribution in [2.75, 3.05) is 20.3 Å². The van der Waals surface area contributed by atoms with Crippen molar-refractivity contribution in [3.05, 3.63) is 53.6 Å². The summed E-state index contributed by atoms with van der Waals surface area (Å²) in [6, 6.07) is 11.1. The van der Waals surface area contributed by atoms with Gasteiger partial charge in [0.05, 0.1) is 0 Å². The highest BCUT2D eigenvalue weighted by molar-refractivity contribution is 5.76. The van der Waals surface area contributed by atoms with E-state index in [0.29, 0.717) is 49.7 Å². The molecule has 5 nitrogen and oxygen atoms in total. The molecule has 2 aromatic carbocycles. The van der Waals surface area contributed by atoms with Crippen molar-refractivity contribution in [2.24, 2.45) is 0 Å². The van der Waals surface area contributed by atoms with Crippen molar-refractivity contribution in [3.63, 3.8) is 0 Å². The molecule has 0 atom stereocenters. The Morgan fingerprint density at radius 2 is 1.68 bits per heavy atom. The molecule has 2 aromatic rings. The first kappa shape index (κ1) is 19.9. The summed E-state index contributed by atoms with van der Waals surface area (Å²) in [6.07, 6.45) is -3.86. The zero-order chi connectivity index (χ0) is 20.1. The van der Waals surface area contributed by atoms with E-state index < -0.39 is 6.36 Å². The Morgan fingerprint density at radius 3 is 2.36 bits per heavy atom. The maximum Gasteiger partial charge on any atom is 0.573 e. The molecule has 0 radical (unpaired) electrons. The maximum atomic E-state index is 12.4. The van der Waals surface area contributed by atoms with E-state index in [0.717, 1.165) is 5.56 Å². The SMILES string of the molecule is CN(Cc1ccc(OC(F)(F)F)cc1)C(=O)CCc1ccc2c(c1)OCCO2. The summed E-state index contributed by atoms with van der Waals surface area (Å²) in [5.41, 5.74) is 1.68. The minimum Gasteiger partial charge on any atom is -0.486 e. The lowest BCUT2D eigenvalue weighted by Gasteiger charge is -2.20. The molecule has 0 N–H and O–H groups in total. The standard InChI is InChI=1S/C20H20F3NO4/c1-24(13-15-2-6-16(7-3-15)28-20(21,22)23)19(25)9-5-14-4-8-17-18(12-14)27-11-10-26-17/h2-4,6-8,12H,5,9-11,13H2,1H3. The Labute approximate surface area is 160 Å². The van der Waals surface area contributed by atoms with Crippen LogP contribution in [-0.2, 0) is 17.8 Å². The molecule has 0 saturated heterocycles. The highest BCUT2D eigenvalue weighted by Gasteiger charge is 2.30. The van der Waals surface area contributed by atoms with Crippen molar-refractivity contribution in [2.45, 2.75) is 25.7 Å². The Bertz CT molecular complexity index is 821. The van der Waals surface area contributed by atoms with Crippen molar-refractivity contribution in [1.29, 1.82) is 0 Å². The van der Waals surface area contributed by atoms with Crippen LogP contribution in [0, 0.1) is 0 Å². The molecular weight excluding hydrogens is 375 g/mol. The molecule has 28 heavy (non-hydrogen) atoms. The zero-order valence-electron chi connectivity index (χ0n) is 15.3. The van der Waals surface area contributed by atoms with E-state index in [-0.39, 0.29) is 11.7 Å². The smallest absolute Gasteiger partial charge is 0.486 e. The van der Waals surface area contributed by atoms with Crippen LogP contribution in [0.2, 0.25) is 0 Å². The van der Waals surface area contributed by atoms with E-state index in [1.54, 1.807) is 7.05 Å². The van der Waals surface area contributed by atoms with Gasteiger partial charge in [0.25, 0.3) is 0 Å². The molecule has 150 valence electrons. The van der Waals surface area contributed by atoms with Crippen molar-refractivity contribution >= 4 is 5.91 Å². The lowest BCUT2D eigenvalue weighted by Crippen LogP contribution is -2.26. The van der Waals surface area contributed by atoms with Crippen LogP contribution in [0.5, 0.6) is 17.2 Å². The van der Waals surface area contributed by atoms with E-state index in [2.05, 4.69) is 4.74 Å². The fraction of sp³-hybridized carbons (Fsp3) is 0.350. The molecule has 3 rings (SSSR count). The normalized spacial score (nSPS) is 13.1. The van der Waals surface area contributed by atoms with Gasteiger partial charge in [-0.3, -0.25) is 4.79 Å². The highest BCUT2D eigenvalue weighted by atomic mass is 19.4. The minimum absolute atomic E-state index is 0.0643. The number of alkyl halides is 3. The average Bonchev–Trinajstić information content (AvgIpc) is 2.66. The van der Waals surface area contributed by atoms with Crippen molar-refractivity contribution in [1.82, 2.24) is 4.90 Å². The van der Waals surface area contributed by atoms with E-state index in [1.165, 1.54) is 29.2 Å². The van der Waals surface area contributed by atoms with Crippen LogP contribution in [0.3, 0.4) is 0 Å². The molecule has 0 bridgehead atoms. The minimum atomic E-state index is -4.72. The van der Waals surface area contributed by atoms with Crippen molar-refractivity contribution in [3.8, 4) is 17.2 Å². The number of hydrogen-bond acceptors (Lipinski definition) is 4. The Balaban J connectivity index is 1.50. The number of rotatable bonds is 6. The van der Waals surface area contributed by atoms with Gasteiger partial charge in [-0.25, -0.2) is 0 Å². The summed E-state index contributed by atoms with van der Waals surface area (Å²) < 4.78 is 51.4. The van der Waals surface area contributed by atoms with Gasteiger partial charge in [-0.05, 0) is 41.8 Å². The molecule has 1 aliphatic heterocycles. The molecule has 1 amide bonds. The van der Waals surface area contributed by atoms with Gasteiger partial charge >= 0.3 is 6.36 Å². The van der Waals surface area contributed by atoms with E-state index in [4.69, 9.17) is 9.47 Å². The zero-order valence-corrected chi connectivity index (χ0v) is 15.3. The second-order valence-electron chi connectivity index (χ2n) is 6.42. The predicted molar refractivity (Wildman–Crippen MR) is 95.4 cm³/mol. The Kier molecular flexibility index (Phi) is 5.96. The molecule has 0 fully saturated rings. The highest BCUT2D eigenvalue weighted by Crippen LogP contribution is 2.31. The van der Waals surface area contributed by atoms with Gasteiger partial charge in [-0.15, -0.1) is 13.2 Å². The van der Waals surface area contributed by atoms with E-state index >= 15 is 0 Å². The number of aryl methyl sites for hydroxylation is 1. The van der Waals surface area contributed by atoms with Crippen LogP contribution in [-0.4, -0.2) is 37.4 Å². The average molecular weight is 395 g/mol. The summed E-state index contributed by atoms with van der Waals surface area (Å²) in [6.45, 7) is 1.33. The number of fused-ring (bicyclic) bond motifs is 1. The predicted octanol–water partition coefficient (Wildman–Crippen LogP) is 3.95. The molecule has 0 unspecified atom stereocenters. The molecular formula is C20H20F3NO4. The number of ether oxygens (including phenoxy) is 3. The monoisotopic (exact) mass is 395 g/mol. The molecule has 0 aliphatic carbocycles. The number of benzene rings is 2. The molecule has 8 heteroatoms.